The first-order chi connectivity index (χ1) is 12.4. The molecule has 4 N–H and O–H groups in total. The highest BCUT2D eigenvalue weighted by Gasteiger charge is 2.33. The average Bonchev–Trinajstić information content (AvgIpc) is 2.64. The molecule has 1 aromatic carbocycles. The van der Waals surface area contributed by atoms with Crippen LogP contribution in [0, 0.1) is 11.8 Å². The lowest BCUT2D eigenvalue weighted by atomic mass is 9.85. The fourth-order valence-corrected chi connectivity index (χ4v) is 3.79. The molecule has 2 saturated heterocycles. The number of nitrogens with zero attached hydrogens (tertiary/aromatic N) is 1. The first-order valence-corrected chi connectivity index (χ1v) is 9.25. The van der Waals surface area contributed by atoms with E-state index < -0.39 is 6.09 Å². The largest absolute Gasteiger partial charge is 0.508 e. The van der Waals surface area contributed by atoms with Crippen molar-refractivity contribution >= 4 is 35.2 Å². The van der Waals surface area contributed by atoms with Gasteiger partial charge in [0.25, 0.3) is 0 Å². The van der Waals surface area contributed by atoms with Crippen LogP contribution in [-0.4, -0.2) is 48.2 Å². The van der Waals surface area contributed by atoms with Crippen molar-refractivity contribution in [3.8, 4) is 5.75 Å². The van der Waals surface area contributed by atoms with Crippen molar-refractivity contribution in [1.29, 1.82) is 0 Å². The summed E-state index contributed by atoms with van der Waals surface area (Å²) in [6.07, 6.45) is 0.944. The van der Waals surface area contributed by atoms with Crippen LogP contribution in [0.5, 0.6) is 5.75 Å². The molecule has 0 aliphatic carbocycles. The van der Waals surface area contributed by atoms with E-state index in [0.29, 0.717) is 43.1 Å². The summed E-state index contributed by atoms with van der Waals surface area (Å²) in [5.41, 5.74) is 6.90. The zero-order chi connectivity index (χ0) is 18.8. The molecule has 9 heteroatoms. The third-order valence-corrected chi connectivity index (χ3v) is 5.77. The third kappa shape index (κ3) is 4.00. The molecule has 0 aromatic heterocycles. The number of piperidine rings is 1. The van der Waals surface area contributed by atoms with Crippen molar-refractivity contribution in [1.82, 2.24) is 10.2 Å². The van der Waals surface area contributed by atoms with Gasteiger partial charge in [-0.05, 0) is 24.8 Å². The Morgan fingerprint density at radius 2 is 1.96 bits per heavy atom. The number of amides is 2. The minimum absolute atomic E-state index is 0.0191. The van der Waals surface area contributed by atoms with Gasteiger partial charge >= 0.3 is 6.09 Å². The van der Waals surface area contributed by atoms with Gasteiger partial charge in [-0.1, -0.05) is 23.2 Å². The van der Waals surface area contributed by atoms with E-state index in [-0.39, 0.29) is 41.2 Å². The summed E-state index contributed by atoms with van der Waals surface area (Å²) in [7, 11) is 0. The summed E-state index contributed by atoms with van der Waals surface area (Å²) >= 11 is 11.9. The van der Waals surface area contributed by atoms with E-state index in [1.807, 2.05) is 0 Å². The second-order valence-electron chi connectivity index (χ2n) is 6.69. The monoisotopic (exact) mass is 401 g/mol. The molecule has 2 amide bonds. The number of carbonyl (C=O) groups is 2. The summed E-state index contributed by atoms with van der Waals surface area (Å²) < 4.78 is 4.89. The molecule has 2 fully saturated rings. The maximum Gasteiger partial charge on any atom is 0.407 e. The van der Waals surface area contributed by atoms with Gasteiger partial charge in [0.05, 0.1) is 16.0 Å². The number of likely N-dealkylation sites (tertiary alicyclic amines) is 1. The summed E-state index contributed by atoms with van der Waals surface area (Å²) in [6.45, 7) is 1.56. The summed E-state index contributed by atoms with van der Waals surface area (Å²) in [4.78, 5) is 25.3. The summed E-state index contributed by atoms with van der Waals surface area (Å²) in [6, 6.07) is 2.61. The van der Waals surface area contributed by atoms with E-state index in [1.54, 1.807) is 11.0 Å². The smallest absolute Gasteiger partial charge is 0.407 e. The number of benzene rings is 1. The number of aromatic hydroxyl groups is 1. The predicted molar refractivity (Wildman–Crippen MR) is 97.2 cm³/mol. The lowest BCUT2D eigenvalue weighted by Gasteiger charge is -2.37. The van der Waals surface area contributed by atoms with E-state index in [2.05, 4.69) is 5.32 Å². The molecular weight excluding hydrogens is 381 g/mol. The number of alkyl carbamates (subject to hydrolysis) is 1. The Kier molecular flexibility index (Phi) is 5.79. The fourth-order valence-electron chi connectivity index (χ4n) is 3.46. The second kappa shape index (κ2) is 7.90. The molecule has 2 aliphatic rings. The SMILES string of the molecule is N[C@@H](c1cc(Cl)c(Cl)cc1O)C1CCN(C(=O)C2CNC(=O)OC2)CC1. The number of hydrogen-bond acceptors (Lipinski definition) is 5. The Hall–Kier alpha value is -1.70. The quantitative estimate of drug-likeness (QED) is 0.720. The third-order valence-electron chi connectivity index (χ3n) is 5.05. The van der Waals surface area contributed by atoms with Crippen LogP contribution in [0.2, 0.25) is 10.0 Å². The molecule has 2 heterocycles. The van der Waals surface area contributed by atoms with Gasteiger partial charge in [0, 0.05) is 37.3 Å². The number of hydrogen-bond donors (Lipinski definition) is 3. The molecule has 0 bridgehead atoms. The maximum absolute atomic E-state index is 12.5. The molecule has 7 nitrogen and oxygen atoms in total. The summed E-state index contributed by atoms with van der Waals surface area (Å²) in [5.74, 6) is -0.226. The predicted octanol–water partition coefficient (Wildman–Crippen LogP) is 2.29. The zero-order valence-corrected chi connectivity index (χ0v) is 15.6. The molecule has 0 spiro atoms. The molecule has 0 saturated carbocycles. The highest BCUT2D eigenvalue weighted by molar-refractivity contribution is 6.42. The molecule has 1 aromatic rings. The highest BCUT2D eigenvalue weighted by Crippen LogP contribution is 2.37. The molecule has 2 atom stereocenters. The van der Waals surface area contributed by atoms with E-state index in [9.17, 15) is 14.7 Å². The fraction of sp³-hybridized carbons (Fsp3) is 0.529. The number of rotatable bonds is 3. The Morgan fingerprint density at radius 3 is 2.58 bits per heavy atom. The van der Waals surface area contributed by atoms with Crippen LogP contribution >= 0.6 is 23.2 Å². The standard InChI is InChI=1S/C17H21Cl2N3O4/c18-12-5-11(14(23)6-13(12)19)15(20)9-1-3-22(4-2-9)16(24)10-7-21-17(25)26-8-10/h5-6,9-10,15,23H,1-4,7-8,20H2,(H,21,25)/t10?,15-/m1/s1. The Morgan fingerprint density at radius 1 is 1.31 bits per heavy atom. The first-order valence-electron chi connectivity index (χ1n) is 8.49. The topological polar surface area (TPSA) is 105 Å². The minimum atomic E-state index is -0.486. The molecule has 1 unspecified atom stereocenters. The highest BCUT2D eigenvalue weighted by atomic mass is 35.5. The van der Waals surface area contributed by atoms with E-state index in [0.717, 1.165) is 0 Å². The number of carbonyl (C=O) groups excluding carboxylic acids is 2. The van der Waals surface area contributed by atoms with Crippen molar-refractivity contribution in [2.75, 3.05) is 26.2 Å². The molecular formula is C17H21Cl2N3O4. The van der Waals surface area contributed by atoms with E-state index >= 15 is 0 Å². The second-order valence-corrected chi connectivity index (χ2v) is 7.50. The number of ether oxygens (including phenoxy) is 1. The van der Waals surface area contributed by atoms with Crippen LogP contribution in [0.25, 0.3) is 0 Å². The van der Waals surface area contributed by atoms with Crippen LogP contribution in [0.15, 0.2) is 12.1 Å². The van der Waals surface area contributed by atoms with Gasteiger partial charge in [-0.2, -0.15) is 0 Å². The lowest BCUT2D eigenvalue weighted by molar-refractivity contribution is -0.138. The number of nitrogens with one attached hydrogen (secondary N) is 1. The van der Waals surface area contributed by atoms with Gasteiger partial charge in [0.2, 0.25) is 5.91 Å². The number of halogens is 2. The number of phenols is 1. The molecule has 142 valence electrons. The van der Waals surface area contributed by atoms with Crippen LogP contribution < -0.4 is 11.1 Å². The van der Waals surface area contributed by atoms with Crippen LogP contribution in [0.4, 0.5) is 4.79 Å². The normalized spacial score (nSPS) is 22.5. The van der Waals surface area contributed by atoms with Gasteiger partial charge in [0.1, 0.15) is 12.4 Å². The van der Waals surface area contributed by atoms with Gasteiger partial charge in [-0.15, -0.1) is 0 Å². The first kappa shape index (κ1) is 19.1. The van der Waals surface area contributed by atoms with Crippen molar-refractivity contribution in [2.24, 2.45) is 17.6 Å². The molecule has 0 radical (unpaired) electrons. The van der Waals surface area contributed by atoms with Crippen LogP contribution in [-0.2, 0) is 9.53 Å². The molecule has 3 rings (SSSR count). The summed E-state index contributed by atoms with van der Waals surface area (Å²) in [5, 5.41) is 13.3. The Balaban J connectivity index is 1.59. The van der Waals surface area contributed by atoms with Crippen molar-refractivity contribution in [3.63, 3.8) is 0 Å². The lowest BCUT2D eigenvalue weighted by Crippen LogP contribution is -2.50. The van der Waals surface area contributed by atoms with E-state index in [4.69, 9.17) is 33.7 Å². The van der Waals surface area contributed by atoms with Crippen LogP contribution in [0.1, 0.15) is 24.4 Å². The van der Waals surface area contributed by atoms with Gasteiger partial charge in [-0.25, -0.2) is 4.79 Å². The Bertz CT molecular complexity index is 697. The average molecular weight is 402 g/mol. The van der Waals surface area contributed by atoms with Crippen molar-refractivity contribution in [3.05, 3.63) is 27.7 Å². The Labute approximate surface area is 161 Å². The molecule has 2 aliphatic heterocycles. The maximum atomic E-state index is 12.5. The van der Waals surface area contributed by atoms with E-state index in [1.165, 1.54) is 6.07 Å². The minimum Gasteiger partial charge on any atom is -0.508 e. The van der Waals surface area contributed by atoms with Gasteiger partial charge < -0.3 is 25.8 Å². The zero-order valence-electron chi connectivity index (χ0n) is 14.1. The molecule has 26 heavy (non-hydrogen) atoms. The number of phenolic OH excluding ortho intramolecular Hbond substituents is 1. The van der Waals surface area contributed by atoms with Crippen LogP contribution in [0.3, 0.4) is 0 Å². The number of nitrogens with two attached hydrogens (primary N) is 1. The number of cyclic esters (lactones) is 1. The van der Waals surface area contributed by atoms with Gasteiger partial charge in [0.15, 0.2) is 0 Å². The van der Waals surface area contributed by atoms with Crippen molar-refractivity contribution in [2.45, 2.75) is 18.9 Å². The van der Waals surface area contributed by atoms with Crippen molar-refractivity contribution < 1.29 is 19.4 Å². The van der Waals surface area contributed by atoms with Gasteiger partial charge in [-0.3, -0.25) is 4.79 Å².